The molecule has 1 aromatic carbocycles. The van der Waals surface area contributed by atoms with E-state index in [4.69, 9.17) is 0 Å². The fourth-order valence-corrected chi connectivity index (χ4v) is 4.57. The Labute approximate surface area is 153 Å². The Morgan fingerprint density at radius 2 is 2.00 bits per heavy atom. The van der Waals surface area contributed by atoms with Crippen molar-refractivity contribution in [3.8, 4) is 0 Å². The second kappa shape index (κ2) is 8.60. The molecule has 0 saturated heterocycles. The van der Waals surface area contributed by atoms with Gasteiger partial charge in [-0.05, 0) is 43.8 Å². The van der Waals surface area contributed by atoms with Gasteiger partial charge in [-0.25, -0.2) is 13.1 Å². The quantitative estimate of drug-likeness (QED) is 0.765. The number of aryl methyl sites for hydroxylation is 2. The van der Waals surface area contributed by atoms with Crippen molar-refractivity contribution in [2.24, 2.45) is 0 Å². The molecule has 0 fully saturated rings. The lowest BCUT2D eigenvalue weighted by atomic mass is 10.2. The van der Waals surface area contributed by atoms with Crippen molar-refractivity contribution in [2.45, 2.75) is 38.6 Å². The molecule has 1 heterocycles. The summed E-state index contributed by atoms with van der Waals surface area (Å²) in [6.07, 6.45) is 0.142. The minimum atomic E-state index is -3.60. The molecule has 7 heteroatoms. The van der Waals surface area contributed by atoms with E-state index in [0.29, 0.717) is 18.7 Å². The van der Waals surface area contributed by atoms with Crippen LogP contribution in [0.4, 0.5) is 0 Å². The van der Waals surface area contributed by atoms with Crippen LogP contribution in [-0.2, 0) is 21.4 Å². The van der Waals surface area contributed by atoms with Gasteiger partial charge in [0.05, 0.1) is 11.4 Å². The molecular weight excluding hydrogens is 356 g/mol. The van der Waals surface area contributed by atoms with E-state index in [1.54, 1.807) is 35.3 Å². The van der Waals surface area contributed by atoms with Gasteiger partial charge in [-0.3, -0.25) is 4.79 Å². The summed E-state index contributed by atoms with van der Waals surface area (Å²) in [7, 11) is -3.60. The molecular formula is C18H24N2O3S2. The van der Waals surface area contributed by atoms with E-state index in [9.17, 15) is 13.2 Å². The topological polar surface area (TPSA) is 66.5 Å². The normalized spacial score (nSPS) is 11.5. The Kier molecular flexibility index (Phi) is 6.75. The van der Waals surface area contributed by atoms with E-state index in [2.05, 4.69) is 4.72 Å². The van der Waals surface area contributed by atoms with Gasteiger partial charge in [0.2, 0.25) is 15.9 Å². The average molecular weight is 381 g/mol. The molecule has 0 spiro atoms. The number of rotatable bonds is 8. The first-order valence-corrected chi connectivity index (χ1v) is 10.6. The molecule has 0 aliphatic rings. The number of thiophene rings is 1. The summed E-state index contributed by atoms with van der Waals surface area (Å²) < 4.78 is 27.3. The van der Waals surface area contributed by atoms with E-state index < -0.39 is 10.0 Å². The zero-order chi connectivity index (χ0) is 18.4. The van der Waals surface area contributed by atoms with Crippen LogP contribution < -0.4 is 4.72 Å². The van der Waals surface area contributed by atoms with Crippen molar-refractivity contribution in [1.29, 1.82) is 0 Å². The van der Waals surface area contributed by atoms with Gasteiger partial charge in [-0.2, -0.15) is 0 Å². The van der Waals surface area contributed by atoms with Crippen LogP contribution in [0.2, 0.25) is 0 Å². The predicted octanol–water partition coefficient (Wildman–Crippen LogP) is 3.08. The van der Waals surface area contributed by atoms with Gasteiger partial charge in [0.25, 0.3) is 0 Å². The monoisotopic (exact) mass is 380 g/mol. The summed E-state index contributed by atoms with van der Waals surface area (Å²) >= 11 is 1.61. The predicted molar refractivity (Wildman–Crippen MR) is 101 cm³/mol. The summed E-state index contributed by atoms with van der Waals surface area (Å²) in [5.41, 5.74) is 1.71. The average Bonchev–Trinajstić information content (AvgIpc) is 3.04. The molecule has 2 aromatic rings. The van der Waals surface area contributed by atoms with Crippen LogP contribution in [0.1, 0.15) is 29.3 Å². The molecule has 1 N–H and O–H groups in total. The summed E-state index contributed by atoms with van der Waals surface area (Å²) in [6, 6.07) is 9.15. The fraction of sp³-hybridized carbons (Fsp3) is 0.389. The first kappa shape index (κ1) is 19.6. The third kappa shape index (κ3) is 5.39. The Morgan fingerprint density at radius 1 is 1.24 bits per heavy atom. The van der Waals surface area contributed by atoms with Crippen LogP contribution in [-0.4, -0.2) is 32.3 Å². The van der Waals surface area contributed by atoms with Gasteiger partial charge in [0, 0.05) is 24.4 Å². The molecule has 0 atom stereocenters. The molecule has 0 unspecified atom stereocenters. The molecule has 2 rings (SSSR count). The van der Waals surface area contributed by atoms with Gasteiger partial charge in [-0.1, -0.05) is 23.8 Å². The fourth-order valence-electron chi connectivity index (χ4n) is 2.60. The molecule has 1 aromatic heterocycles. The van der Waals surface area contributed by atoms with Crippen LogP contribution in [0, 0.1) is 13.8 Å². The lowest BCUT2D eigenvalue weighted by Crippen LogP contribution is -2.34. The zero-order valence-corrected chi connectivity index (χ0v) is 16.4. The standard InChI is InChI=1S/C18H24N2O3S2/c1-4-20(13-16-6-5-11-24-16)18(21)9-10-19-25(22,23)17-8-7-14(2)12-15(17)3/h5-8,11-12,19H,4,9-10,13H2,1-3H3. The highest BCUT2D eigenvalue weighted by molar-refractivity contribution is 7.89. The summed E-state index contributed by atoms with van der Waals surface area (Å²) in [4.78, 5) is 15.4. The number of carbonyl (C=O) groups excluding carboxylic acids is 1. The number of carbonyl (C=O) groups is 1. The third-order valence-corrected chi connectivity index (χ3v) is 6.39. The summed E-state index contributed by atoms with van der Waals surface area (Å²) in [5.74, 6) is -0.0563. The molecule has 0 saturated carbocycles. The molecule has 5 nitrogen and oxygen atoms in total. The number of sulfonamides is 1. The number of nitrogens with zero attached hydrogens (tertiary/aromatic N) is 1. The highest BCUT2D eigenvalue weighted by Crippen LogP contribution is 2.16. The number of nitrogens with one attached hydrogen (secondary N) is 1. The van der Waals surface area contributed by atoms with Crippen molar-refractivity contribution in [2.75, 3.05) is 13.1 Å². The number of amides is 1. The molecule has 0 aliphatic heterocycles. The van der Waals surface area contributed by atoms with Crippen LogP contribution in [0.25, 0.3) is 0 Å². The molecule has 1 amide bonds. The van der Waals surface area contributed by atoms with Gasteiger partial charge in [0.15, 0.2) is 0 Å². The number of hydrogen-bond donors (Lipinski definition) is 1. The van der Waals surface area contributed by atoms with E-state index >= 15 is 0 Å². The number of hydrogen-bond acceptors (Lipinski definition) is 4. The maximum Gasteiger partial charge on any atom is 0.240 e. The summed E-state index contributed by atoms with van der Waals surface area (Å²) in [6.45, 7) is 6.87. The largest absolute Gasteiger partial charge is 0.338 e. The number of benzene rings is 1. The maximum atomic E-state index is 12.4. The van der Waals surface area contributed by atoms with Gasteiger partial charge < -0.3 is 4.90 Å². The first-order chi connectivity index (χ1) is 11.8. The van der Waals surface area contributed by atoms with Gasteiger partial charge >= 0.3 is 0 Å². The van der Waals surface area contributed by atoms with Crippen LogP contribution >= 0.6 is 11.3 Å². The van der Waals surface area contributed by atoms with E-state index in [1.165, 1.54) is 0 Å². The van der Waals surface area contributed by atoms with Crippen molar-refractivity contribution < 1.29 is 13.2 Å². The van der Waals surface area contributed by atoms with Crippen LogP contribution in [0.3, 0.4) is 0 Å². The minimum absolute atomic E-state index is 0.0563. The lowest BCUT2D eigenvalue weighted by Gasteiger charge is -2.20. The van der Waals surface area contributed by atoms with E-state index in [1.807, 2.05) is 37.4 Å². The molecule has 0 radical (unpaired) electrons. The first-order valence-electron chi connectivity index (χ1n) is 8.20. The minimum Gasteiger partial charge on any atom is -0.338 e. The lowest BCUT2D eigenvalue weighted by molar-refractivity contribution is -0.131. The van der Waals surface area contributed by atoms with E-state index in [-0.39, 0.29) is 23.8 Å². The zero-order valence-electron chi connectivity index (χ0n) is 14.8. The second-order valence-corrected chi connectivity index (χ2v) is 8.67. The highest BCUT2D eigenvalue weighted by atomic mass is 32.2. The van der Waals surface area contributed by atoms with Crippen molar-refractivity contribution in [1.82, 2.24) is 9.62 Å². The van der Waals surface area contributed by atoms with Gasteiger partial charge in [-0.15, -0.1) is 11.3 Å². The molecule has 0 bridgehead atoms. The summed E-state index contributed by atoms with van der Waals surface area (Å²) in [5, 5.41) is 1.98. The molecule has 136 valence electrons. The smallest absolute Gasteiger partial charge is 0.240 e. The molecule has 0 aliphatic carbocycles. The van der Waals surface area contributed by atoms with Crippen LogP contribution in [0.5, 0.6) is 0 Å². The third-order valence-electron chi connectivity index (χ3n) is 3.91. The van der Waals surface area contributed by atoms with E-state index in [0.717, 1.165) is 10.4 Å². The highest BCUT2D eigenvalue weighted by Gasteiger charge is 2.18. The Hall–Kier alpha value is -1.70. The SMILES string of the molecule is CCN(Cc1cccs1)C(=O)CCNS(=O)(=O)c1ccc(C)cc1C. The second-order valence-electron chi connectivity index (χ2n) is 5.90. The Balaban J connectivity index is 1.93. The maximum absolute atomic E-state index is 12.4. The Bertz CT molecular complexity index is 815. The van der Waals surface area contributed by atoms with Crippen molar-refractivity contribution in [3.05, 3.63) is 51.7 Å². The van der Waals surface area contributed by atoms with Crippen molar-refractivity contribution >= 4 is 27.3 Å². The van der Waals surface area contributed by atoms with Gasteiger partial charge in [0.1, 0.15) is 0 Å². The Morgan fingerprint density at radius 3 is 2.60 bits per heavy atom. The van der Waals surface area contributed by atoms with Crippen molar-refractivity contribution in [3.63, 3.8) is 0 Å². The molecule has 25 heavy (non-hydrogen) atoms. The van der Waals surface area contributed by atoms with Crippen LogP contribution in [0.15, 0.2) is 40.6 Å².